The van der Waals surface area contributed by atoms with Crippen molar-refractivity contribution in [3.8, 4) is 0 Å². The first-order valence-corrected chi connectivity index (χ1v) is 7.35. The molecule has 106 valence electrons. The van der Waals surface area contributed by atoms with Crippen molar-refractivity contribution in [1.82, 2.24) is 0 Å². The molecule has 0 aromatic heterocycles. The van der Waals surface area contributed by atoms with Crippen LogP contribution >= 0.6 is 11.6 Å². The van der Waals surface area contributed by atoms with E-state index in [-0.39, 0.29) is 24.2 Å². The molecule has 1 saturated heterocycles. The molecule has 1 aromatic carbocycles. The Kier molecular flexibility index (Phi) is 3.52. The fourth-order valence-electron chi connectivity index (χ4n) is 3.02. The molecule has 1 N–H and O–H groups in total. The number of halogens is 1. The topological polar surface area (TPSA) is 55.4 Å². The summed E-state index contributed by atoms with van der Waals surface area (Å²) in [5.41, 5.74) is 0.375. The summed E-state index contributed by atoms with van der Waals surface area (Å²) in [4.78, 5) is 24.4. The van der Waals surface area contributed by atoms with Gasteiger partial charge >= 0.3 is 0 Å². The maximum absolute atomic E-state index is 12.4. The maximum atomic E-state index is 12.4. The van der Waals surface area contributed by atoms with Crippen LogP contribution in [0.3, 0.4) is 0 Å². The number of ether oxygens (including phenoxy) is 1. The molecule has 0 bridgehead atoms. The normalized spacial score (nSPS) is 28.6. The van der Waals surface area contributed by atoms with Gasteiger partial charge in [-0.15, -0.1) is 11.6 Å². The molecule has 0 unspecified atom stereocenters. The van der Waals surface area contributed by atoms with Crippen molar-refractivity contribution in [2.75, 3.05) is 11.2 Å². The predicted molar refractivity (Wildman–Crippen MR) is 75.8 cm³/mol. The highest BCUT2D eigenvalue weighted by Gasteiger charge is 2.53. The number of benzene rings is 1. The van der Waals surface area contributed by atoms with Crippen LogP contribution in [0.15, 0.2) is 24.3 Å². The number of hydrogen-bond donors (Lipinski definition) is 1. The molecular formula is C15H16ClNO3. The van der Waals surface area contributed by atoms with Gasteiger partial charge in [0.05, 0.1) is 6.10 Å². The molecule has 2 aliphatic heterocycles. The minimum atomic E-state index is -1.14. The molecule has 2 atom stereocenters. The van der Waals surface area contributed by atoms with E-state index in [9.17, 15) is 9.59 Å². The van der Waals surface area contributed by atoms with E-state index in [1.54, 1.807) is 0 Å². The van der Waals surface area contributed by atoms with E-state index in [0.717, 1.165) is 17.7 Å². The van der Waals surface area contributed by atoms with Crippen LogP contribution in [0.25, 0.3) is 0 Å². The van der Waals surface area contributed by atoms with Crippen LogP contribution in [0.1, 0.15) is 31.2 Å². The SMILES string of the molecule is O=C1C[C@@H](CCCCl)O[C@@]2(C1)C(=O)Nc1ccccc12. The summed E-state index contributed by atoms with van der Waals surface area (Å²) in [6, 6.07) is 7.40. The summed E-state index contributed by atoms with van der Waals surface area (Å²) in [6.45, 7) is 0. The second-order valence-corrected chi connectivity index (χ2v) is 5.70. The summed E-state index contributed by atoms with van der Waals surface area (Å²) in [5.74, 6) is 0.370. The second kappa shape index (κ2) is 5.19. The smallest absolute Gasteiger partial charge is 0.261 e. The molecule has 0 aliphatic carbocycles. The molecule has 2 aliphatic rings. The van der Waals surface area contributed by atoms with E-state index in [1.807, 2.05) is 24.3 Å². The van der Waals surface area contributed by atoms with Crippen LogP contribution in [0.4, 0.5) is 5.69 Å². The number of carbonyl (C=O) groups is 2. The van der Waals surface area contributed by atoms with Gasteiger partial charge in [0, 0.05) is 30.0 Å². The van der Waals surface area contributed by atoms with Crippen LogP contribution in [0.5, 0.6) is 0 Å². The van der Waals surface area contributed by atoms with E-state index < -0.39 is 5.60 Å². The third kappa shape index (κ3) is 2.13. The highest BCUT2D eigenvalue weighted by molar-refractivity contribution is 6.17. The number of para-hydroxylation sites is 1. The third-order valence-corrected chi connectivity index (χ3v) is 4.17. The Labute approximate surface area is 122 Å². The van der Waals surface area contributed by atoms with Gasteiger partial charge in [0.25, 0.3) is 5.91 Å². The molecule has 1 spiro atoms. The Hall–Kier alpha value is -1.39. The summed E-state index contributed by atoms with van der Waals surface area (Å²) in [6.07, 6.45) is 1.74. The highest BCUT2D eigenvalue weighted by atomic mass is 35.5. The standard InChI is InChI=1S/C15H16ClNO3/c16-7-3-4-11-8-10(18)9-15(20-11)12-5-1-2-6-13(12)17-14(15)19/h1-2,5-6,11H,3-4,7-9H2,(H,17,19)/t11-,15-/m1/s1. The minimum absolute atomic E-state index is 0.0719. The monoisotopic (exact) mass is 293 g/mol. The number of rotatable bonds is 3. The maximum Gasteiger partial charge on any atom is 0.261 e. The van der Waals surface area contributed by atoms with Gasteiger partial charge in [0.2, 0.25) is 0 Å². The third-order valence-electron chi connectivity index (χ3n) is 3.91. The van der Waals surface area contributed by atoms with Crippen molar-refractivity contribution < 1.29 is 14.3 Å². The summed E-state index contributed by atoms with van der Waals surface area (Å²) in [5, 5.41) is 2.81. The lowest BCUT2D eigenvalue weighted by molar-refractivity contribution is -0.170. The Balaban J connectivity index is 1.94. The van der Waals surface area contributed by atoms with Crippen LogP contribution in [-0.2, 0) is 19.9 Å². The summed E-state index contributed by atoms with van der Waals surface area (Å²) >= 11 is 5.70. The predicted octanol–water partition coefficient (Wildman–Crippen LogP) is 2.60. The van der Waals surface area contributed by atoms with Gasteiger partial charge < -0.3 is 10.1 Å². The van der Waals surface area contributed by atoms with E-state index in [2.05, 4.69) is 5.32 Å². The number of Topliss-reactive ketones (excluding diaryl/α,β-unsaturated/α-hetero) is 1. The quantitative estimate of drug-likeness (QED) is 0.872. The number of ketones is 1. The van der Waals surface area contributed by atoms with E-state index >= 15 is 0 Å². The molecule has 3 rings (SSSR count). The van der Waals surface area contributed by atoms with Crippen molar-refractivity contribution in [3.05, 3.63) is 29.8 Å². The van der Waals surface area contributed by atoms with Crippen molar-refractivity contribution in [1.29, 1.82) is 0 Å². The first-order chi connectivity index (χ1) is 9.65. The molecule has 0 saturated carbocycles. The van der Waals surface area contributed by atoms with Gasteiger partial charge in [-0.2, -0.15) is 0 Å². The zero-order valence-electron chi connectivity index (χ0n) is 11.0. The number of hydrogen-bond acceptors (Lipinski definition) is 3. The highest BCUT2D eigenvalue weighted by Crippen LogP contribution is 2.45. The van der Waals surface area contributed by atoms with Gasteiger partial charge in [0.15, 0.2) is 5.60 Å². The first-order valence-electron chi connectivity index (χ1n) is 6.82. The zero-order chi connectivity index (χ0) is 14.2. The lowest BCUT2D eigenvalue weighted by atomic mass is 9.84. The number of anilines is 1. The molecular weight excluding hydrogens is 278 g/mol. The van der Waals surface area contributed by atoms with Gasteiger partial charge in [-0.3, -0.25) is 9.59 Å². The zero-order valence-corrected chi connectivity index (χ0v) is 11.8. The molecule has 4 nitrogen and oxygen atoms in total. The number of nitrogens with one attached hydrogen (secondary N) is 1. The summed E-state index contributed by atoms with van der Waals surface area (Å²) < 4.78 is 6.05. The molecule has 1 fully saturated rings. The average Bonchev–Trinajstić information content (AvgIpc) is 2.69. The van der Waals surface area contributed by atoms with E-state index in [1.165, 1.54) is 0 Å². The van der Waals surface area contributed by atoms with Crippen LogP contribution in [0.2, 0.25) is 0 Å². The van der Waals surface area contributed by atoms with Crippen molar-refractivity contribution in [3.63, 3.8) is 0 Å². The van der Waals surface area contributed by atoms with E-state index in [0.29, 0.717) is 18.7 Å². The molecule has 20 heavy (non-hydrogen) atoms. The molecule has 1 aromatic rings. The van der Waals surface area contributed by atoms with Crippen molar-refractivity contribution >= 4 is 29.0 Å². The molecule has 1 amide bonds. The lowest BCUT2D eigenvalue weighted by Crippen LogP contribution is -2.47. The number of alkyl halides is 1. The van der Waals surface area contributed by atoms with Gasteiger partial charge in [-0.25, -0.2) is 0 Å². The minimum Gasteiger partial charge on any atom is -0.356 e. The van der Waals surface area contributed by atoms with Crippen molar-refractivity contribution in [2.24, 2.45) is 0 Å². The van der Waals surface area contributed by atoms with Crippen LogP contribution < -0.4 is 5.32 Å². The molecule has 0 radical (unpaired) electrons. The van der Waals surface area contributed by atoms with Gasteiger partial charge in [-0.05, 0) is 18.9 Å². The lowest BCUT2D eigenvalue weighted by Gasteiger charge is -2.36. The average molecular weight is 294 g/mol. The Morgan fingerprint density at radius 1 is 1.35 bits per heavy atom. The van der Waals surface area contributed by atoms with Gasteiger partial charge in [-0.1, -0.05) is 18.2 Å². The van der Waals surface area contributed by atoms with Gasteiger partial charge in [0.1, 0.15) is 5.78 Å². The second-order valence-electron chi connectivity index (χ2n) is 5.32. The number of fused-ring (bicyclic) bond motifs is 2. The first kappa shape index (κ1) is 13.6. The fraction of sp³-hybridized carbons (Fsp3) is 0.467. The number of carbonyl (C=O) groups excluding carboxylic acids is 2. The fourth-order valence-corrected chi connectivity index (χ4v) is 3.17. The van der Waals surface area contributed by atoms with E-state index in [4.69, 9.17) is 16.3 Å². The Morgan fingerprint density at radius 3 is 2.95 bits per heavy atom. The summed E-state index contributed by atoms with van der Waals surface area (Å²) in [7, 11) is 0. The molecule has 2 heterocycles. The Morgan fingerprint density at radius 2 is 2.15 bits per heavy atom. The van der Waals surface area contributed by atoms with Crippen molar-refractivity contribution in [2.45, 2.75) is 37.4 Å². The number of amides is 1. The molecule has 5 heteroatoms. The van der Waals surface area contributed by atoms with Crippen LogP contribution in [-0.4, -0.2) is 23.7 Å². The van der Waals surface area contributed by atoms with Crippen LogP contribution in [0, 0.1) is 0 Å². The Bertz CT molecular complexity index is 560. The largest absolute Gasteiger partial charge is 0.356 e.